The van der Waals surface area contributed by atoms with Crippen LogP contribution in [0.25, 0.3) is 0 Å². The molecule has 0 bridgehead atoms. The molecule has 23 heavy (non-hydrogen) atoms. The normalized spacial score (nSPS) is 20.5. The number of hydrogen-bond acceptors (Lipinski definition) is 3. The zero-order valence-corrected chi connectivity index (χ0v) is 14.4. The number of aliphatic imine (C=N–C) groups is 1. The largest absolute Gasteiger partial charge is 0.356 e. The minimum atomic E-state index is 0.555. The van der Waals surface area contributed by atoms with Gasteiger partial charge in [-0.3, -0.25) is 9.98 Å². The predicted octanol–water partition coefficient (Wildman–Crippen LogP) is 1.72. The molecule has 1 aliphatic carbocycles. The van der Waals surface area contributed by atoms with E-state index in [1.54, 1.807) is 0 Å². The second-order valence-electron chi connectivity index (χ2n) is 6.74. The van der Waals surface area contributed by atoms with E-state index in [4.69, 9.17) is 0 Å². The number of aromatic nitrogens is 1. The fourth-order valence-electron chi connectivity index (χ4n) is 3.33. The van der Waals surface area contributed by atoms with Crippen molar-refractivity contribution in [2.24, 2.45) is 4.99 Å². The summed E-state index contributed by atoms with van der Waals surface area (Å²) in [4.78, 5) is 11.2. The summed E-state index contributed by atoms with van der Waals surface area (Å²) in [6.07, 6.45) is 10.1. The van der Waals surface area contributed by atoms with Gasteiger partial charge < -0.3 is 15.5 Å². The number of pyridine rings is 1. The minimum absolute atomic E-state index is 0.555. The van der Waals surface area contributed by atoms with Gasteiger partial charge in [0.1, 0.15) is 0 Å². The number of piperidine rings is 1. The molecule has 5 heteroatoms. The first-order valence-corrected chi connectivity index (χ1v) is 8.87. The van der Waals surface area contributed by atoms with E-state index in [1.807, 2.05) is 19.4 Å². The Kier molecular flexibility index (Phi) is 5.49. The molecule has 2 heterocycles. The third kappa shape index (κ3) is 4.67. The van der Waals surface area contributed by atoms with Gasteiger partial charge in [-0.05, 0) is 56.2 Å². The van der Waals surface area contributed by atoms with Gasteiger partial charge in [-0.2, -0.15) is 0 Å². The number of hydrogen-bond donors (Lipinski definition) is 2. The van der Waals surface area contributed by atoms with Crippen LogP contribution in [0.1, 0.15) is 36.8 Å². The summed E-state index contributed by atoms with van der Waals surface area (Å²) in [5.74, 6) is 0.932. The molecular formula is C18H29N5. The van der Waals surface area contributed by atoms with E-state index in [0.29, 0.717) is 6.04 Å². The van der Waals surface area contributed by atoms with Gasteiger partial charge >= 0.3 is 0 Å². The molecule has 2 fully saturated rings. The number of nitrogens with one attached hydrogen (secondary N) is 2. The van der Waals surface area contributed by atoms with Crippen LogP contribution in [0, 0.1) is 6.92 Å². The Morgan fingerprint density at radius 2 is 2.09 bits per heavy atom. The van der Waals surface area contributed by atoms with E-state index in [9.17, 15) is 0 Å². The molecule has 2 N–H and O–H groups in total. The molecule has 1 aliphatic heterocycles. The van der Waals surface area contributed by atoms with Crippen molar-refractivity contribution in [3.05, 3.63) is 29.6 Å². The molecule has 0 atom stereocenters. The van der Waals surface area contributed by atoms with Crippen LogP contribution in [0.3, 0.4) is 0 Å². The maximum Gasteiger partial charge on any atom is 0.191 e. The number of likely N-dealkylation sites (tertiary alicyclic amines) is 1. The first kappa shape index (κ1) is 16.2. The van der Waals surface area contributed by atoms with Gasteiger partial charge in [-0.1, -0.05) is 0 Å². The van der Waals surface area contributed by atoms with Crippen LogP contribution in [-0.4, -0.2) is 54.6 Å². The van der Waals surface area contributed by atoms with Crippen molar-refractivity contribution in [1.82, 2.24) is 20.5 Å². The summed E-state index contributed by atoms with van der Waals surface area (Å²) < 4.78 is 0. The Balaban J connectivity index is 1.39. The Bertz CT molecular complexity index is 530. The highest BCUT2D eigenvalue weighted by Crippen LogP contribution is 2.29. The van der Waals surface area contributed by atoms with Crippen molar-refractivity contribution in [3.63, 3.8) is 0 Å². The van der Waals surface area contributed by atoms with Crippen molar-refractivity contribution in [2.45, 2.75) is 51.1 Å². The molecule has 0 spiro atoms. The second-order valence-corrected chi connectivity index (χ2v) is 6.74. The molecule has 1 aromatic heterocycles. The topological polar surface area (TPSA) is 52.6 Å². The van der Waals surface area contributed by atoms with Gasteiger partial charge in [0.2, 0.25) is 0 Å². The number of nitrogens with zero attached hydrogens (tertiary/aromatic N) is 3. The molecule has 0 radical (unpaired) electrons. The third-order valence-corrected chi connectivity index (χ3v) is 4.98. The summed E-state index contributed by atoms with van der Waals surface area (Å²) in [6.45, 7) is 5.47. The highest BCUT2D eigenvalue weighted by atomic mass is 15.2. The summed E-state index contributed by atoms with van der Waals surface area (Å²) in [5, 5.41) is 7.03. The third-order valence-electron chi connectivity index (χ3n) is 4.98. The highest BCUT2D eigenvalue weighted by Gasteiger charge is 2.31. The van der Waals surface area contributed by atoms with E-state index in [1.165, 1.54) is 49.9 Å². The minimum Gasteiger partial charge on any atom is -0.356 e. The molecule has 5 nitrogen and oxygen atoms in total. The smallest absolute Gasteiger partial charge is 0.191 e. The average molecular weight is 315 g/mol. The van der Waals surface area contributed by atoms with Crippen LogP contribution < -0.4 is 10.6 Å². The summed E-state index contributed by atoms with van der Waals surface area (Å²) >= 11 is 0. The lowest BCUT2D eigenvalue weighted by molar-refractivity contribution is 0.197. The molecule has 2 aliphatic rings. The van der Waals surface area contributed by atoms with Gasteiger partial charge in [0.05, 0.1) is 0 Å². The summed E-state index contributed by atoms with van der Waals surface area (Å²) in [7, 11) is 1.85. The lowest BCUT2D eigenvalue weighted by Crippen LogP contribution is -2.49. The first-order chi connectivity index (χ1) is 11.3. The van der Waals surface area contributed by atoms with Crippen molar-refractivity contribution in [1.29, 1.82) is 0 Å². The molecule has 3 rings (SSSR count). The molecule has 1 saturated carbocycles. The Labute approximate surface area is 139 Å². The van der Waals surface area contributed by atoms with E-state index < -0.39 is 0 Å². The Hall–Kier alpha value is -1.62. The quantitative estimate of drug-likeness (QED) is 0.642. The van der Waals surface area contributed by atoms with Gasteiger partial charge in [0.15, 0.2) is 5.96 Å². The molecule has 1 saturated heterocycles. The Morgan fingerprint density at radius 3 is 2.74 bits per heavy atom. The average Bonchev–Trinajstić information content (AvgIpc) is 3.41. The van der Waals surface area contributed by atoms with Crippen molar-refractivity contribution in [2.75, 3.05) is 26.7 Å². The lowest BCUT2D eigenvalue weighted by atomic mass is 10.1. The molecule has 0 unspecified atom stereocenters. The summed E-state index contributed by atoms with van der Waals surface area (Å²) in [6, 6.07) is 3.55. The van der Waals surface area contributed by atoms with Crippen LogP contribution in [0.5, 0.6) is 0 Å². The van der Waals surface area contributed by atoms with Crippen LogP contribution in [0.15, 0.2) is 23.5 Å². The van der Waals surface area contributed by atoms with Gasteiger partial charge in [-0.25, -0.2) is 0 Å². The first-order valence-electron chi connectivity index (χ1n) is 8.87. The maximum absolute atomic E-state index is 4.37. The van der Waals surface area contributed by atoms with Crippen molar-refractivity contribution >= 4 is 5.96 Å². The predicted molar refractivity (Wildman–Crippen MR) is 94.8 cm³/mol. The maximum atomic E-state index is 4.37. The molecule has 1 aromatic rings. The fraction of sp³-hybridized carbons (Fsp3) is 0.667. The van der Waals surface area contributed by atoms with Crippen LogP contribution in [-0.2, 0) is 6.42 Å². The zero-order valence-electron chi connectivity index (χ0n) is 14.4. The van der Waals surface area contributed by atoms with Crippen LogP contribution >= 0.6 is 0 Å². The number of guanidine groups is 1. The van der Waals surface area contributed by atoms with Crippen molar-refractivity contribution < 1.29 is 0 Å². The zero-order chi connectivity index (χ0) is 16.1. The van der Waals surface area contributed by atoms with Gasteiger partial charge in [0, 0.05) is 51.2 Å². The molecular weight excluding hydrogens is 286 g/mol. The van der Waals surface area contributed by atoms with Gasteiger partial charge in [-0.15, -0.1) is 0 Å². The van der Waals surface area contributed by atoms with E-state index in [0.717, 1.165) is 25.0 Å². The van der Waals surface area contributed by atoms with Crippen LogP contribution in [0.4, 0.5) is 0 Å². The van der Waals surface area contributed by atoms with Crippen LogP contribution in [0.2, 0.25) is 0 Å². The Morgan fingerprint density at radius 1 is 1.30 bits per heavy atom. The molecule has 126 valence electrons. The molecule has 0 aromatic carbocycles. The summed E-state index contributed by atoms with van der Waals surface area (Å²) in [5.41, 5.74) is 2.60. The van der Waals surface area contributed by atoms with E-state index in [2.05, 4.69) is 38.5 Å². The highest BCUT2D eigenvalue weighted by molar-refractivity contribution is 5.79. The van der Waals surface area contributed by atoms with E-state index in [-0.39, 0.29) is 0 Å². The standard InChI is InChI=1S/C18H29N5/c1-14-13-20-9-5-15(14)6-10-21-18(19-2)22-16-7-11-23(12-8-16)17-3-4-17/h5,9,13,16-17H,3-4,6-8,10-12H2,1-2H3,(H2,19,21,22). The SMILES string of the molecule is CN=C(NCCc1ccncc1C)NC1CCN(C2CC2)CC1. The van der Waals surface area contributed by atoms with E-state index >= 15 is 0 Å². The lowest BCUT2D eigenvalue weighted by Gasteiger charge is -2.33. The molecule has 0 amide bonds. The monoisotopic (exact) mass is 315 g/mol. The number of aryl methyl sites for hydroxylation is 1. The fourth-order valence-corrected chi connectivity index (χ4v) is 3.33. The van der Waals surface area contributed by atoms with Gasteiger partial charge in [0.25, 0.3) is 0 Å². The van der Waals surface area contributed by atoms with Crippen molar-refractivity contribution in [3.8, 4) is 0 Å². The number of rotatable bonds is 5. The second kappa shape index (κ2) is 7.77.